The van der Waals surface area contributed by atoms with Gasteiger partial charge in [-0.05, 0) is 35.2 Å². The molecule has 0 bridgehead atoms. The molecule has 23 heavy (non-hydrogen) atoms. The van der Waals surface area contributed by atoms with Crippen LogP contribution in [-0.2, 0) is 0 Å². The van der Waals surface area contributed by atoms with Crippen LogP contribution in [0.2, 0.25) is 5.02 Å². The van der Waals surface area contributed by atoms with Crippen LogP contribution in [-0.4, -0.2) is 0 Å². The van der Waals surface area contributed by atoms with Crippen LogP contribution in [0.1, 0.15) is 34.3 Å². The van der Waals surface area contributed by atoms with Crippen LogP contribution in [0.25, 0.3) is 0 Å². The second-order valence-corrected chi connectivity index (χ2v) is 7.52. The Bertz CT molecular complexity index is 813. The van der Waals surface area contributed by atoms with E-state index in [9.17, 15) is 0 Å². The number of hydrogen-bond donors (Lipinski definition) is 0. The molecule has 2 heteroatoms. The van der Waals surface area contributed by atoms with Crippen LogP contribution in [0.4, 0.5) is 0 Å². The SMILES string of the molecule is Clc1ccccc1[C@@H]1C[C@H](c2ccccc2)c2ccccc2S1. The molecule has 1 heterocycles. The topological polar surface area (TPSA) is 0 Å². The minimum Gasteiger partial charge on any atom is -0.118 e. The maximum absolute atomic E-state index is 6.47. The quantitative estimate of drug-likeness (QED) is 0.501. The van der Waals surface area contributed by atoms with Crippen molar-refractivity contribution in [3.8, 4) is 0 Å². The summed E-state index contributed by atoms with van der Waals surface area (Å²) in [6.07, 6.45) is 1.08. The predicted octanol–water partition coefficient (Wildman–Crippen LogP) is 6.71. The molecular weight excluding hydrogens is 320 g/mol. The molecule has 0 aromatic heterocycles. The van der Waals surface area contributed by atoms with Crippen LogP contribution in [0.3, 0.4) is 0 Å². The minimum absolute atomic E-state index is 0.392. The fraction of sp³-hybridized carbons (Fsp3) is 0.143. The van der Waals surface area contributed by atoms with E-state index in [-0.39, 0.29) is 0 Å². The van der Waals surface area contributed by atoms with E-state index in [1.54, 1.807) is 0 Å². The van der Waals surface area contributed by atoms with E-state index in [1.807, 2.05) is 23.9 Å². The lowest BCUT2D eigenvalue weighted by molar-refractivity contribution is 0.677. The molecule has 3 aromatic rings. The van der Waals surface area contributed by atoms with E-state index in [0.717, 1.165) is 11.4 Å². The fourth-order valence-electron chi connectivity index (χ4n) is 3.35. The van der Waals surface area contributed by atoms with Gasteiger partial charge in [0.2, 0.25) is 0 Å². The van der Waals surface area contributed by atoms with Crippen molar-refractivity contribution >= 4 is 23.4 Å². The second-order valence-electron chi connectivity index (χ2n) is 5.86. The van der Waals surface area contributed by atoms with Crippen molar-refractivity contribution in [3.05, 3.63) is 101 Å². The molecule has 1 aliphatic rings. The Morgan fingerprint density at radius 1 is 0.739 bits per heavy atom. The Labute approximate surface area is 146 Å². The molecule has 0 amide bonds. The number of halogens is 1. The molecule has 1 aliphatic heterocycles. The van der Waals surface area contributed by atoms with Gasteiger partial charge in [0.1, 0.15) is 0 Å². The molecular formula is C21H17ClS. The van der Waals surface area contributed by atoms with Crippen LogP contribution in [0.5, 0.6) is 0 Å². The molecule has 3 aromatic carbocycles. The van der Waals surface area contributed by atoms with Gasteiger partial charge in [-0.2, -0.15) is 0 Å². The average molecular weight is 337 g/mol. The highest BCUT2D eigenvalue weighted by atomic mass is 35.5. The van der Waals surface area contributed by atoms with E-state index in [2.05, 4.69) is 66.7 Å². The van der Waals surface area contributed by atoms with E-state index >= 15 is 0 Å². The molecule has 0 spiro atoms. The van der Waals surface area contributed by atoms with Gasteiger partial charge in [0.15, 0.2) is 0 Å². The molecule has 0 saturated carbocycles. The maximum Gasteiger partial charge on any atom is 0.0449 e. The highest BCUT2D eigenvalue weighted by molar-refractivity contribution is 7.99. The van der Waals surface area contributed by atoms with E-state index in [1.165, 1.54) is 21.6 Å². The summed E-state index contributed by atoms with van der Waals surface area (Å²) in [4.78, 5) is 1.37. The first-order chi connectivity index (χ1) is 11.3. The van der Waals surface area contributed by atoms with E-state index in [0.29, 0.717) is 11.2 Å². The summed E-state index contributed by atoms with van der Waals surface area (Å²) in [5.41, 5.74) is 4.07. The van der Waals surface area contributed by atoms with Crippen molar-refractivity contribution in [1.29, 1.82) is 0 Å². The summed E-state index contributed by atoms with van der Waals surface area (Å²) in [6.45, 7) is 0. The van der Waals surface area contributed by atoms with Crippen LogP contribution < -0.4 is 0 Å². The number of rotatable bonds is 2. The summed E-state index contributed by atoms with van der Waals surface area (Å²) < 4.78 is 0. The molecule has 2 atom stereocenters. The number of fused-ring (bicyclic) bond motifs is 1. The normalized spacial score (nSPS) is 20.0. The summed E-state index contributed by atoms with van der Waals surface area (Å²) in [7, 11) is 0. The fourth-order valence-corrected chi connectivity index (χ4v) is 5.11. The minimum atomic E-state index is 0.392. The Kier molecular flexibility index (Phi) is 4.15. The average Bonchev–Trinajstić information content (AvgIpc) is 2.62. The molecule has 0 fully saturated rings. The monoisotopic (exact) mass is 336 g/mol. The highest BCUT2D eigenvalue weighted by Crippen LogP contribution is 2.52. The maximum atomic E-state index is 6.47. The van der Waals surface area contributed by atoms with Crippen molar-refractivity contribution in [2.24, 2.45) is 0 Å². The zero-order valence-electron chi connectivity index (χ0n) is 12.7. The summed E-state index contributed by atoms with van der Waals surface area (Å²) in [6, 6.07) is 27.8. The third-order valence-electron chi connectivity index (χ3n) is 4.47. The van der Waals surface area contributed by atoms with Crippen molar-refractivity contribution < 1.29 is 0 Å². The van der Waals surface area contributed by atoms with Crippen molar-refractivity contribution in [1.82, 2.24) is 0 Å². The Hall–Kier alpha value is -1.70. The number of hydrogen-bond acceptors (Lipinski definition) is 1. The zero-order chi connectivity index (χ0) is 15.6. The highest BCUT2D eigenvalue weighted by Gasteiger charge is 2.30. The number of benzene rings is 3. The van der Waals surface area contributed by atoms with Crippen molar-refractivity contribution in [2.45, 2.75) is 22.5 Å². The van der Waals surface area contributed by atoms with Gasteiger partial charge in [-0.3, -0.25) is 0 Å². The first-order valence-corrected chi connectivity index (χ1v) is 9.13. The lowest BCUT2D eigenvalue weighted by Gasteiger charge is -2.32. The molecule has 114 valence electrons. The van der Waals surface area contributed by atoms with Crippen molar-refractivity contribution in [3.63, 3.8) is 0 Å². The third kappa shape index (κ3) is 2.91. The zero-order valence-corrected chi connectivity index (χ0v) is 14.2. The van der Waals surface area contributed by atoms with Gasteiger partial charge in [0.05, 0.1) is 0 Å². The summed E-state index contributed by atoms with van der Waals surface area (Å²) in [5.74, 6) is 0.426. The molecule has 4 rings (SSSR count). The molecule has 0 saturated heterocycles. The number of thioether (sulfide) groups is 1. The Morgan fingerprint density at radius 2 is 1.39 bits per heavy atom. The largest absolute Gasteiger partial charge is 0.118 e. The van der Waals surface area contributed by atoms with Gasteiger partial charge in [0, 0.05) is 21.1 Å². The van der Waals surface area contributed by atoms with Crippen LogP contribution in [0.15, 0.2) is 83.8 Å². The van der Waals surface area contributed by atoms with Gasteiger partial charge < -0.3 is 0 Å². The van der Waals surface area contributed by atoms with Gasteiger partial charge in [-0.25, -0.2) is 0 Å². The first kappa shape index (κ1) is 14.9. The van der Waals surface area contributed by atoms with Gasteiger partial charge in [0.25, 0.3) is 0 Å². The van der Waals surface area contributed by atoms with Crippen molar-refractivity contribution in [2.75, 3.05) is 0 Å². The third-order valence-corrected chi connectivity index (χ3v) is 6.17. The second kappa shape index (κ2) is 6.43. The van der Waals surface area contributed by atoms with Gasteiger partial charge in [-0.15, -0.1) is 11.8 Å². The first-order valence-electron chi connectivity index (χ1n) is 7.88. The van der Waals surface area contributed by atoms with Gasteiger partial charge >= 0.3 is 0 Å². The predicted molar refractivity (Wildman–Crippen MR) is 99.4 cm³/mol. The molecule has 0 N–H and O–H groups in total. The Morgan fingerprint density at radius 3 is 2.17 bits per heavy atom. The summed E-state index contributed by atoms with van der Waals surface area (Å²) >= 11 is 8.40. The van der Waals surface area contributed by atoms with E-state index in [4.69, 9.17) is 11.6 Å². The molecule has 0 unspecified atom stereocenters. The lowest BCUT2D eigenvalue weighted by atomic mass is 9.85. The Balaban J connectivity index is 1.79. The lowest BCUT2D eigenvalue weighted by Crippen LogP contribution is -2.12. The smallest absolute Gasteiger partial charge is 0.0449 e. The molecule has 0 nitrogen and oxygen atoms in total. The van der Waals surface area contributed by atoms with Crippen LogP contribution in [0, 0.1) is 0 Å². The molecule has 0 radical (unpaired) electrons. The van der Waals surface area contributed by atoms with Gasteiger partial charge in [-0.1, -0.05) is 78.3 Å². The molecule has 0 aliphatic carbocycles. The van der Waals surface area contributed by atoms with Crippen LogP contribution >= 0.6 is 23.4 Å². The standard InChI is InChI=1S/C21H17ClS/c22-19-12-6-4-11-17(19)21-14-18(15-8-2-1-3-9-15)16-10-5-7-13-20(16)23-21/h1-13,18,21H,14H2/t18-,21+/m1/s1. The van der Waals surface area contributed by atoms with E-state index < -0.39 is 0 Å². The summed E-state index contributed by atoms with van der Waals surface area (Å²) in [5, 5.41) is 1.26.